The molecule has 0 saturated carbocycles. The van der Waals surface area contributed by atoms with Gasteiger partial charge in [0.2, 0.25) is 0 Å². The van der Waals surface area contributed by atoms with Crippen molar-refractivity contribution in [3.8, 4) is 5.75 Å². The standard InChI is InChI=1S/C14H13FO2S/c1-8-6-11(9(2)18-8)14(16)10-4-5-12(15)13(7-10)17-3/h4-7H,1-3H3. The third-order valence-corrected chi connectivity index (χ3v) is 3.66. The third-order valence-electron chi connectivity index (χ3n) is 2.70. The summed E-state index contributed by atoms with van der Waals surface area (Å²) in [5, 5.41) is 0. The summed E-state index contributed by atoms with van der Waals surface area (Å²) in [5.74, 6) is -0.479. The van der Waals surface area contributed by atoms with Gasteiger partial charge in [0, 0.05) is 20.9 Å². The van der Waals surface area contributed by atoms with Gasteiger partial charge < -0.3 is 4.74 Å². The van der Waals surface area contributed by atoms with E-state index in [4.69, 9.17) is 4.74 Å². The van der Waals surface area contributed by atoms with Crippen LogP contribution in [0.2, 0.25) is 0 Å². The van der Waals surface area contributed by atoms with Gasteiger partial charge in [-0.1, -0.05) is 0 Å². The predicted molar refractivity (Wildman–Crippen MR) is 70.2 cm³/mol. The van der Waals surface area contributed by atoms with Crippen LogP contribution in [0.5, 0.6) is 5.75 Å². The van der Waals surface area contributed by atoms with Crippen molar-refractivity contribution in [1.82, 2.24) is 0 Å². The average molecular weight is 264 g/mol. The molecule has 0 fully saturated rings. The van der Waals surface area contributed by atoms with Gasteiger partial charge >= 0.3 is 0 Å². The van der Waals surface area contributed by atoms with Crippen LogP contribution in [-0.2, 0) is 0 Å². The number of ketones is 1. The second-order valence-electron chi connectivity index (χ2n) is 4.01. The minimum Gasteiger partial charge on any atom is -0.494 e. The monoisotopic (exact) mass is 264 g/mol. The lowest BCUT2D eigenvalue weighted by atomic mass is 10.0. The normalized spacial score (nSPS) is 10.4. The first-order valence-corrected chi connectivity index (χ1v) is 6.30. The molecule has 0 unspecified atom stereocenters. The van der Waals surface area contributed by atoms with Gasteiger partial charge in [-0.2, -0.15) is 0 Å². The molecule has 0 amide bonds. The van der Waals surface area contributed by atoms with E-state index >= 15 is 0 Å². The maximum absolute atomic E-state index is 13.3. The lowest BCUT2D eigenvalue weighted by Gasteiger charge is -2.05. The van der Waals surface area contributed by atoms with Crippen molar-refractivity contribution in [1.29, 1.82) is 0 Å². The Kier molecular flexibility index (Phi) is 3.48. The van der Waals surface area contributed by atoms with Gasteiger partial charge in [-0.05, 0) is 38.1 Å². The Balaban J connectivity index is 2.43. The van der Waals surface area contributed by atoms with Crippen LogP contribution in [0.15, 0.2) is 24.3 Å². The van der Waals surface area contributed by atoms with Crippen molar-refractivity contribution in [2.24, 2.45) is 0 Å². The van der Waals surface area contributed by atoms with Crippen LogP contribution in [0.1, 0.15) is 25.7 Å². The number of benzene rings is 1. The van der Waals surface area contributed by atoms with Gasteiger partial charge in [0.25, 0.3) is 0 Å². The average Bonchev–Trinajstić information content (AvgIpc) is 2.68. The van der Waals surface area contributed by atoms with E-state index in [9.17, 15) is 9.18 Å². The number of ether oxygens (including phenoxy) is 1. The number of thiophene rings is 1. The molecule has 0 bridgehead atoms. The fourth-order valence-corrected chi connectivity index (χ4v) is 2.73. The topological polar surface area (TPSA) is 26.3 Å². The zero-order valence-corrected chi connectivity index (χ0v) is 11.2. The zero-order valence-electron chi connectivity index (χ0n) is 10.4. The summed E-state index contributed by atoms with van der Waals surface area (Å²) in [7, 11) is 1.38. The van der Waals surface area contributed by atoms with Crippen LogP contribution < -0.4 is 4.74 Å². The number of carbonyl (C=O) groups is 1. The second kappa shape index (κ2) is 4.90. The van der Waals surface area contributed by atoms with Crippen LogP contribution in [0.3, 0.4) is 0 Å². The highest BCUT2D eigenvalue weighted by atomic mass is 32.1. The Morgan fingerprint density at radius 2 is 2.00 bits per heavy atom. The zero-order chi connectivity index (χ0) is 13.3. The molecule has 0 atom stereocenters. The molecule has 1 aromatic heterocycles. The van der Waals surface area contributed by atoms with E-state index in [0.29, 0.717) is 11.1 Å². The molecule has 0 aliphatic carbocycles. The molecule has 0 spiro atoms. The van der Waals surface area contributed by atoms with Gasteiger partial charge in [0.15, 0.2) is 17.3 Å². The summed E-state index contributed by atoms with van der Waals surface area (Å²) in [5.41, 5.74) is 1.11. The van der Waals surface area contributed by atoms with Crippen molar-refractivity contribution in [2.75, 3.05) is 7.11 Å². The predicted octanol–water partition coefficient (Wildman–Crippen LogP) is 3.74. The highest BCUT2D eigenvalue weighted by molar-refractivity contribution is 7.12. The summed E-state index contributed by atoms with van der Waals surface area (Å²) in [6, 6.07) is 6.02. The Labute approximate surface area is 109 Å². The molecule has 0 N–H and O–H groups in total. The van der Waals surface area contributed by atoms with E-state index in [1.807, 2.05) is 19.9 Å². The first-order valence-electron chi connectivity index (χ1n) is 5.48. The van der Waals surface area contributed by atoms with Crippen molar-refractivity contribution >= 4 is 17.1 Å². The van der Waals surface area contributed by atoms with Crippen LogP contribution in [0.4, 0.5) is 4.39 Å². The van der Waals surface area contributed by atoms with Crippen molar-refractivity contribution in [3.63, 3.8) is 0 Å². The van der Waals surface area contributed by atoms with Gasteiger partial charge in [-0.25, -0.2) is 4.39 Å². The second-order valence-corrected chi connectivity index (χ2v) is 5.47. The maximum Gasteiger partial charge on any atom is 0.194 e. The Hall–Kier alpha value is -1.68. The molecule has 2 rings (SSSR count). The number of aryl methyl sites for hydroxylation is 2. The minimum absolute atomic E-state index is 0.0884. The van der Waals surface area contributed by atoms with Gasteiger partial charge in [0.1, 0.15) is 0 Å². The van der Waals surface area contributed by atoms with Crippen LogP contribution >= 0.6 is 11.3 Å². The van der Waals surface area contributed by atoms with E-state index in [1.54, 1.807) is 11.3 Å². The van der Waals surface area contributed by atoms with Crippen molar-refractivity contribution in [3.05, 3.63) is 51.0 Å². The van der Waals surface area contributed by atoms with Gasteiger partial charge in [-0.3, -0.25) is 4.79 Å². The molecule has 94 valence electrons. The van der Waals surface area contributed by atoms with E-state index in [0.717, 1.165) is 9.75 Å². The molecule has 0 aliphatic heterocycles. The summed E-state index contributed by atoms with van der Waals surface area (Å²) in [4.78, 5) is 14.3. The number of hydrogen-bond donors (Lipinski definition) is 0. The molecule has 0 saturated heterocycles. The summed E-state index contributed by atoms with van der Waals surface area (Å²) in [6.45, 7) is 3.87. The van der Waals surface area contributed by atoms with E-state index in [1.165, 1.54) is 25.3 Å². The van der Waals surface area contributed by atoms with Crippen LogP contribution in [0.25, 0.3) is 0 Å². The smallest absolute Gasteiger partial charge is 0.194 e. The molecule has 0 radical (unpaired) electrons. The SMILES string of the molecule is COc1cc(C(=O)c2cc(C)sc2C)ccc1F. The molecule has 0 aliphatic rings. The number of methoxy groups -OCH3 is 1. The molecule has 2 nitrogen and oxygen atoms in total. The number of carbonyl (C=O) groups excluding carboxylic acids is 1. The lowest BCUT2D eigenvalue weighted by Crippen LogP contribution is -2.02. The lowest BCUT2D eigenvalue weighted by molar-refractivity contribution is 0.103. The molecule has 1 heterocycles. The molecular formula is C14H13FO2S. The van der Waals surface area contributed by atoms with Crippen molar-refractivity contribution in [2.45, 2.75) is 13.8 Å². The largest absolute Gasteiger partial charge is 0.494 e. The molecule has 2 aromatic rings. The molecular weight excluding hydrogens is 251 g/mol. The van der Waals surface area contributed by atoms with Crippen LogP contribution in [-0.4, -0.2) is 12.9 Å². The van der Waals surface area contributed by atoms with Gasteiger partial charge in [0.05, 0.1) is 7.11 Å². The summed E-state index contributed by atoms with van der Waals surface area (Å²) >= 11 is 1.58. The van der Waals surface area contributed by atoms with Gasteiger partial charge in [-0.15, -0.1) is 11.3 Å². The summed E-state index contributed by atoms with van der Waals surface area (Å²) in [6.07, 6.45) is 0. The molecule has 4 heteroatoms. The highest BCUT2D eigenvalue weighted by Crippen LogP contribution is 2.25. The Morgan fingerprint density at radius 1 is 1.28 bits per heavy atom. The quantitative estimate of drug-likeness (QED) is 0.789. The van der Waals surface area contributed by atoms with E-state index in [2.05, 4.69) is 0 Å². The third kappa shape index (κ3) is 2.29. The van der Waals surface area contributed by atoms with E-state index in [-0.39, 0.29) is 11.5 Å². The number of halogens is 1. The minimum atomic E-state index is -0.465. The first-order chi connectivity index (χ1) is 8.52. The number of rotatable bonds is 3. The Morgan fingerprint density at radius 3 is 2.56 bits per heavy atom. The summed E-state index contributed by atoms with van der Waals surface area (Å²) < 4.78 is 18.2. The van der Waals surface area contributed by atoms with E-state index < -0.39 is 5.82 Å². The highest BCUT2D eigenvalue weighted by Gasteiger charge is 2.16. The number of hydrogen-bond acceptors (Lipinski definition) is 3. The fraction of sp³-hybridized carbons (Fsp3) is 0.214. The first kappa shape index (κ1) is 12.8. The van der Waals surface area contributed by atoms with Crippen LogP contribution in [0, 0.1) is 19.7 Å². The molecule has 18 heavy (non-hydrogen) atoms. The maximum atomic E-state index is 13.3. The van der Waals surface area contributed by atoms with Crippen molar-refractivity contribution < 1.29 is 13.9 Å². The fourth-order valence-electron chi connectivity index (χ4n) is 1.81. The Bertz CT molecular complexity index is 602. The molecule has 1 aromatic carbocycles.